The van der Waals surface area contributed by atoms with Crippen LogP contribution in [-0.2, 0) is 0 Å². The molecule has 0 heterocycles. The van der Waals surface area contributed by atoms with E-state index >= 15 is 0 Å². The van der Waals surface area contributed by atoms with Crippen molar-refractivity contribution < 1.29 is 5.11 Å². The Labute approximate surface area is 88.5 Å². The summed E-state index contributed by atoms with van der Waals surface area (Å²) in [5, 5.41) is 26.6. The van der Waals surface area contributed by atoms with Crippen molar-refractivity contribution in [3.8, 4) is 17.9 Å². The minimum absolute atomic E-state index is 0.0619. The van der Waals surface area contributed by atoms with Crippen LogP contribution >= 0.6 is 0 Å². The van der Waals surface area contributed by atoms with Crippen molar-refractivity contribution in [2.45, 2.75) is 13.8 Å². The first-order valence-electron chi connectivity index (χ1n) is 4.40. The molecule has 74 valence electrons. The first-order chi connectivity index (χ1) is 7.08. The summed E-state index contributed by atoms with van der Waals surface area (Å²) in [4.78, 5) is 0. The first-order valence-corrected chi connectivity index (χ1v) is 4.40. The molecule has 1 rings (SSSR count). The number of benzene rings is 1. The Bertz CT molecular complexity index is 462. The number of aromatic hydroxyl groups is 1. The lowest BCUT2D eigenvalue weighted by molar-refractivity contribution is 0.474. The van der Waals surface area contributed by atoms with Crippen LogP contribution in [-0.4, -0.2) is 5.11 Å². The molecule has 3 nitrogen and oxygen atoms in total. The summed E-state index contributed by atoms with van der Waals surface area (Å²) in [6, 6.07) is 6.82. The van der Waals surface area contributed by atoms with Crippen LogP contribution in [0.3, 0.4) is 0 Å². The minimum atomic E-state index is 0.0619. The lowest BCUT2D eigenvalue weighted by Gasteiger charge is -2.05. The number of nitriles is 2. The Balaban J connectivity index is 3.36. The van der Waals surface area contributed by atoms with E-state index in [1.807, 2.05) is 13.8 Å². The van der Waals surface area contributed by atoms with Crippen molar-refractivity contribution in [2.24, 2.45) is 0 Å². The number of hydrogen-bond acceptors (Lipinski definition) is 3. The maximum atomic E-state index is 9.32. The van der Waals surface area contributed by atoms with Gasteiger partial charge in [0.2, 0.25) is 0 Å². The van der Waals surface area contributed by atoms with Crippen LogP contribution in [0.15, 0.2) is 17.7 Å². The van der Waals surface area contributed by atoms with Gasteiger partial charge in [-0.1, -0.05) is 0 Å². The van der Waals surface area contributed by atoms with E-state index in [4.69, 9.17) is 10.5 Å². The van der Waals surface area contributed by atoms with Gasteiger partial charge in [-0.15, -0.1) is 0 Å². The number of aryl methyl sites for hydroxylation is 2. The molecule has 1 aromatic carbocycles. The molecule has 1 aromatic rings. The molecular formula is C12H10N2O. The summed E-state index contributed by atoms with van der Waals surface area (Å²) >= 11 is 0. The van der Waals surface area contributed by atoms with Gasteiger partial charge in [0.25, 0.3) is 0 Å². The maximum absolute atomic E-state index is 9.32. The fourth-order valence-electron chi connectivity index (χ4n) is 1.41. The van der Waals surface area contributed by atoms with Crippen molar-refractivity contribution in [3.63, 3.8) is 0 Å². The molecule has 0 spiro atoms. The van der Waals surface area contributed by atoms with Crippen LogP contribution in [0.25, 0.3) is 6.08 Å². The van der Waals surface area contributed by atoms with Gasteiger partial charge < -0.3 is 5.11 Å². The summed E-state index contributed by atoms with van der Waals surface area (Å²) in [5.41, 5.74) is 2.56. The van der Waals surface area contributed by atoms with Crippen LogP contribution in [0.2, 0.25) is 0 Å². The third-order valence-electron chi connectivity index (χ3n) is 2.11. The molecule has 0 aliphatic rings. The Morgan fingerprint density at radius 2 is 1.67 bits per heavy atom. The Hall–Kier alpha value is -2.26. The number of hydrogen-bond donors (Lipinski definition) is 1. The zero-order chi connectivity index (χ0) is 11.4. The SMILES string of the molecule is Cc1cc(O)cc(C)c1C=C(C#N)C#N. The van der Waals surface area contributed by atoms with E-state index in [9.17, 15) is 5.11 Å². The molecule has 0 saturated carbocycles. The molecule has 0 saturated heterocycles. The van der Waals surface area contributed by atoms with Crippen molar-refractivity contribution in [1.29, 1.82) is 10.5 Å². The van der Waals surface area contributed by atoms with E-state index in [1.165, 1.54) is 6.08 Å². The van der Waals surface area contributed by atoms with Crippen LogP contribution in [0.1, 0.15) is 16.7 Å². The lowest BCUT2D eigenvalue weighted by Crippen LogP contribution is -1.87. The van der Waals surface area contributed by atoms with Gasteiger partial charge in [0.15, 0.2) is 0 Å². The van der Waals surface area contributed by atoms with E-state index in [2.05, 4.69) is 0 Å². The monoisotopic (exact) mass is 198 g/mol. The van der Waals surface area contributed by atoms with Crippen molar-refractivity contribution >= 4 is 6.08 Å². The second kappa shape index (κ2) is 4.30. The van der Waals surface area contributed by atoms with E-state index in [-0.39, 0.29) is 11.3 Å². The summed E-state index contributed by atoms with van der Waals surface area (Å²) in [5.74, 6) is 0.192. The number of phenolic OH excluding ortho intramolecular Hbond substituents is 1. The maximum Gasteiger partial charge on any atom is 0.130 e. The standard InChI is InChI=1S/C12H10N2O/c1-8-3-11(15)4-9(2)12(8)5-10(6-13)7-14/h3-5,15H,1-2H3. The summed E-state index contributed by atoms with van der Waals surface area (Å²) in [6.07, 6.45) is 1.53. The first kappa shape index (κ1) is 10.8. The molecule has 0 unspecified atom stereocenters. The summed E-state index contributed by atoms with van der Waals surface area (Å²) in [7, 11) is 0. The highest BCUT2D eigenvalue weighted by atomic mass is 16.3. The molecule has 0 amide bonds. The molecule has 15 heavy (non-hydrogen) atoms. The lowest BCUT2D eigenvalue weighted by atomic mass is 10.0. The highest BCUT2D eigenvalue weighted by Crippen LogP contribution is 2.22. The van der Waals surface area contributed by atoms with Gasteiger partial charge >= 0.3 is 0 Å². The number of nitrogens with zero attached hydrogens (tertiary/aromatic N) is 2. The van der Waals surface area contributed by atoms with E-state index in [0.29, 0.717) is 0 Å². The predicted molar refractivity (Wildman–Crippen MR) is 56.8 cm³/mol. The normalized spacial score (nSPS) is 8.80. The molecule has 0 aromatic heterocycles. The second-order valence-electron chi connectivity index (χ2n) is 3.27. The minimum Gasteiger partial charge on any atom is -0.508 e. The van der Waals surface area contributed by atoms with E-state index in [1.54, 1.807) is 24.3 Å². The van der Waals surface area contributed by atoms with Gasteiger partial charge in [-0.05, 0) is 48.7 Å². The van der Waals surface area contributed by atoms with Crippen molar-refractivity contribution in [3.05, 3.63) is 34.4 Å². The third kappa shape index (κ3) is 2.36. The zero-order valence-electron chi connectivity index (χ0n) is 8.57. The van der Waals surface area contributed by atoms with Gasteiger partial charge in [-0.3, -0.25) is 0 Å². The van der Waals surface area contributed by atoms with Crippen molar-refractivity contribution in [2.75, 3.05) is 0 Å². The molecule has 0 fully saturated rings. The predicted octanol–water partition coefficient (Wildman–Crippen LogP) is 2.44. The second-order valence-corrected chi connectivity index (χ2v) is 3.27. The average molecular weight is 198 g/mol. The highest BCUT2D eigenvalue weighted by molar-refractivity contribution is 5.67. The molecule has 0 atom stereocenters. The van der Waals surface area contributed by atoms with Gasteiger partial charge in [0.05, 0.1) is 0 Å². The largest absolute Gasteiger partial charge is 0.508 e. The fraction of sp³-hybridized carbons (Fsp3) is 0.167. The van der Waals surface area contributed by atoms with E-state index < -0.39 is 0 Å². The fourth-order valence-corrected chi connectivity index (χ4v) is 1.41. The molecule has 3 heteroatoms. The molecule has 0 aliphatic carbocycles. The smallest absolute Gasteiger partial charge is 0.130 e. The van der Waals surface area contributed by atoms with Gasteiger partial charge in [-0.25, -0.2) is 0 Å². The van der Waals surface area contributed by atoms with Crippen LogP contribution in [0.4, 0.5) is 0 Å². The number of phenols is 1. The summed E-state index contributed by atoms with van der Waals surface area (Å²) in [6.45, 7) is 3.65. The quantitative estimate of drug-likeness (QED) is 0.704. The van der Waals surface area contributed by atoms with Crippen LogP contribution < -0.4 is 0 Å². The van der Waals surface area contributed by atoms with Gasteiger partial charge in [-0.2, -0.15) is 10.5 Å². The van der Waals surface area contributed by atoms with Crippen molar-refractivity contribution in [1.82, 2.24) is 0 Å². The average Bonchev–Trinajstić information content (AvgIpc) is 2.17. The van der Waals surface area contributed by atoms with Gasteiger partial charge in [0, 0.05) is 0 Å². The highest BCUT2D eigenvalue weighted by Gasteiger charge is 2.03. The number of rotatable bonds is 1. The zero-order valence-corrected chi connectivity index (χ0v) is 8.57. The Morgan fingerprint density at radius 1 is 1.20 bits per heavy atom. The van der Waals surface area contributed by atoms with Crippen LogP contribution in [0, 0.1) is 36.5 Å². The van der Waals surface area contributed by atoms with Gasteiger partial charge in [0.1, 0.15) is 23.5 Å². The Morgan fingerprint density at radius 3 is 2.07 bits per heavy atom. The summed E-state index contributed by atoms with van der Waals surface area (Å²) < 4.78 is 0. The third-order valence-corrected chi connectivity index (χ3v) is 2.11. The topological polar surface area (TPSA) is 67.8 Å². The molecule has 0 radical (unpaired) electrons. The molecule has 0 aliphatic heterocycles. The number of allylic oxidation sites excluding steroid dienone is 1. The molecule has 0 bridgehead atoms. The van der Waals surface area contributed by atoms with Crippen LogP contribution in [0.5, 0.6) is 5.75 Å². The molecule has 1 N–H and O–H groups in total. The Kier molecular flexibility index (Phi) is 3.10. The molecular weight excluding hydrogens is 188 g/mol. The van der Waals surface area contributed by atoms with E-state index in [0.717, 1.165) is 16.7 Å².